The van der Waals surface area contributed by atoms with Gasteiger partial charge in [0, 0.05) is 39.0 Å². The summed E-state index contributed by atoms with van der Waals surface area (Å²) in [5, 5.41) is 3.37. The Morgan fingerprint density at radius 1 is 1.57 bits per heavy atom. The Hall–Kier alpha value is -0.830. The molecule has 3 nitrogen and oxygen atoms in total. The van der Waals surface area contributed by atoms with Crippen molar-refractivity contribution < 1.29 is 0 Å². The van der Waals surface area contributed by atoms with Gasteiger partial charge in [0.25, 0.3) is 0 Å². The normalized spacial score (nSPS) is 19.3. The van der Waals surface area contributed by atoms with Crippen molar-refractivity contribution in [2.75, 3.05) is 13.1 Å². The molecule has 0 amide bonds. The number of hydrogen-bond acceptors (Lipinski definition) is 2. The summed E-state index contributed by atoms with van der Waals surface area (Å²) >= 11 is 0. The lowest BCUT2D eigenvalue weighted by molar-refractivity contribution is 0.145. The van der Waals surface area contributed by atoms with Gasteiger partial charge >= 0.3 is 0 Å². The Kier molecular flexibility index (Phi) is 2.59. The number of aromatic nitrogens is 2. The van der Waals surface area contributed by atoms with Crippen LogP contribution in [0.25, 0.3) is 0 Å². The van der Waals surface area contributed by atoms with Crippen molar-refractivity contribution in [3.63, 3.8) is 0 Å². The first kappa shape index (κ1) is 9.71. The van der Waals surface area contributed by atoms with Crippen molar-refractivity contribution >= 4 is 0 Å². The maximum atomic E-state index is 4.35. The van der Waals surface area contributed by atoms with Gasteiger partial charge in [-0.2, -0.15) is 0 Å². The van der Waals surface area contributed by atoms with Crippen LogP contribution in [-0.4, -0.2) is 22.6 Å². The van der Waals surface area contributed by atoms with Crippen molar-refractivity contribution in [2.45, 2.75) is 26.2 Å². The third kappa shape index (κ3) is 1.69. The van der Waals surface area contributed by atoms with E-state index in [1.54, 1.807) is 0 Å². The van der Waals surface area contributed by atoms with E-state index in [2.05, 4.69) is 28.8 Å². The second-order valence-electron chi connectivity index (χ2n) is 4.41. The molecular formula is C11H19N3. The van der Waals surface area contributed by atoms with E-state index in [1.165, 1.54) is 31.8 Å². The van der Waals surface area contributed by atoms with Gasteiger partial charge < -0.3 is 9.88 Å². The molecule has 1 aliphatic rings. The minimum absolute atomic E-state index is 0.561. The molecule has 1 N–H and O–H groups in total. The van der Waals surface area contributed by atoms with Crippen LogP contribution in [-0.2, 0) is 13.5 Å². The summed E-state index contributed by atoms with van der Waals surface area (Å²) < 4.78 is 2.12. The van der Waals surface area contributed by atoms with E-state index in [-0.39, 0.29) is 0 Å². The zero-order valence-electron chi connectivity index (χ0n) is 9.08. The zero-order valence-corrected chi connectivity index (χ0v) is 9.08. The molecule has 0 bridgehead atoms. The number of aryl methyl sites for hydroxylation is 2. The molecule has 0 aliphatic carbocycles. The van der Waals surface area contributed by atoms with Crippen LogP contribution in [0.5, 0.6) is 0 Å². The van der Waals surface area contributed by atoms with Crippen molar-refractivity contribution in [1.29, 1.82) is 0 Å². The highest BCUT2D eigenvalue weighted by molar-refractivity contribution is 4.97. The Labute approximate surface area is 85.5 Å². The Bertz CT molecular complexity index is 294. The lowest BCUT2D eigenvalue weighted by Crippen LogP contribution is -2.53. The molecule has 0 radical (unpaired) electrons. The number of imidazole rings is 1. The van der Waals surface area contributed by atoms with Gasteiger partial charge in [0.1, 0.15) is 5.82 Å². The average Bonchev–Trinajstić information content (AvgIpc) is 2.51. The van der Waals surface area contributed by atoms with Crippen LogP contribution < -0.4 is 5.32 Å². The van der Waals surface area contributed by atoms with E-state index < -0.39 is 0 Å². The van der Waals surface area contributed by atoms with Gasteiger partial charge in [0.05, 0.1) is 0 Å². The van der Waals surface area contributed by atoms with Gasteiger partial charge in [0.15, 0.2) is 0 Å². The fourth-order valence-corrected chi connectivity index (χ4v) is 2.10. The fourth-order valence-electron chi connectivity index (χ4n) is 2.10. The van der Waals surface area contributed by atoms with Gasteiger partial charge in [-0.15, -0.1) is 0 Å². The van der Waals surface area contributed by atoms with Crippen LogP contribution in [0.1, 0.15) is 25.6 Å². The summed E-state index contributed by atoms with van der Waals surface area (Å²) in [4.78, 5) is 4.35. The number of hydrogen-bond donors (Lipinski definition) is 1. The van der Waals surface area contributed by atoms with E-state index >= 15 is 0 Å². The van der Waals surface area contributed by atoms with Gasteiger partial charge in [-0.25, -0.2) is 4.98 Å². The predicted octanol–water partition coefficient (Wildman–Crippen LogP) is 1.35. The molecule has 1 aromatic heterocycles. The van der Waals surface area contributed by atoms with Crippen LogP contribution in [0.4, 0.5) is 0 Å². The second-order valence-corrected chi connectivity index (χ2v) is 4.41. The monoisotopic (exact) mass is 193 g/mol. The molecule has 0 saturated carbocycles. The topological polar surface area (TPSA) is 29.9 Å². The standard InChI is InChI=1S/C11H19N3/c1-3-11(8-12-9-11)5-4-10-13-6-7-14(10)2/h6-7,12H,3-5,8-9H2,1-2H3. The quantitative estimate of drug-likeness (QED) is 0.782. The number of rotatable bonds is 4. The van der Waals surface area contributed by atoms with Gasteiger partial charge in [-0.1, -0.05) is 6.92 Å². The van der Waals surface area contributed by atoms with Crippen LogP contribution in [0.3, 0.4) is 0 Å². The molecule has 0 atom stereocenters. The Morgan fingerprint density at radius 2 is 2.36 bits per heavy atom. The third-order valence-corrected chi connectivity index (χ3v) is 3.55. The maximum absolute atomic E-state index is 4.35. The molecule has 1 saturated heterocycles. The van der Waals surface area contributed by atoms with E-state index in [9.17, 15) is 0 Å². The first-order valence-corrected chi connectivity index (χ1v) is 5.43. The molecule has 0 aromatic carbocycles. The summed E-state index contributed by atoms with van der Waals surface area (Å²) in [5.74, 6) is 1.21. The minimum atomic E-state index is 0.561. The summed E-state index contributed by atoms with van der Waals surface area (Å²) in [5.41, 5.74) is 0.561. The molecule has 2 rings (SSSR count). The molecule has 0 spiro atoms. The molecule has 78 valence electrons. The molecular weight excluding hydrogens is 174 g/mol. The average molecular weight is 193 g/mol. The lowest BCUT2D eigenvalue weighted by Gasteiger charge is -2.42. The zero-order chi connectivity index (χ0) is 10.0. The molecule has 1 aliphatic heterocycles. The van der Waals surface area contributed by atoms with Gasteiger partial charge in [-0.3, -0.25) is 0 Å². The van der Waals surface area contributed by atoms with Crippen molar-refractivity contribution in [2.24, 2.45) is 12.5 Å². The molecule has 1 fully saturated rings. The first-order chi connectivity index (χ1) is 6.76. The highest BCUT2D eigenvalue weighted by Gasteiger charge is 2.34. The van der Waals surface area contributed by atoms with Crippen LogP contribution in [0.2, 0.25) is 0 Å². The van der Waals surface area contributed by atoms with E-state index in [1.807, 2.05) is 12.4 Å². The summed E-state index contributed by atoms with van der Waals surface area (Å²) in [6.07, 6.45) is 7.56. The van der Waals surface area contributed by atoms with Crippen molar-refractivity contribution in [1.82, 2.24) is 14.9 Å². The van der Waals surface area contributed by atoms with E-state index in [0.717, 1.165) is 6.42 Å². The smallest absolute Gasteiger partial charge is 0.108 e. The van der Waals surface area contributed by atoms with E-state index in [4.69, 9.17) is 0 Å². The molecule has 14 heavy (non-hydrogen) atoms. The number of nitrogens with one attached hydrogen (secondary N) is 1. The van der Waals surface area contributed by atoms with Gasteiger partial charge in [-0.05, 0) is 18.3 Å². The predicted molar refractivity (Wildman–Crippen MR) is 57.1 cm³/mol. The fraction of sp³-hybridized carbons (Fsp3) is 0.727. The number of nitrogens with zero attached hydrogens (tertiary/aromatic N) is 2. The van der Waals surface area contributed by atoms with E-state index in [0.29, 0.717) is 5.41 Å². The van der Waals surface area contributed by atoms with Crippen LogP contribution >= 0.6 is 0 Å². The largest absolute Gasteiger partial charge is 0.338 e. The summed E-state index contributed by atoms with van der Waals surface area (Å²) in [7, 11) is 2.07. The SMILES string of the molecule is CCC1(CCc2nccn2C)CNC1. The van der Waals surface area contributed by atoms with Crippen LogP contribution in [0, 0.1) is 5.41 Å². The van der Waals surface area contributed by atoms with Gasteiger partial charge in [0.2, 0.25) is 0 Å². The summed E-state index contributed by atoms with van der Waals surface area (Å²) in [6, 6.07) is 0. The van der Waals surface area contributed by atoms with Crippen molar-refractivity contribution in [3.8, 4) is 0 Å². The van der Waals surface area contributed by atoms with Crippen LogP contribution in [0.15, 0.2) is 12.4 Å². The Morgan fingerprint density at radius 3 is 2.79 bits per heavy atom. The molecule has 2 heterocycles. The molecule has 1 aromatic rings. The highest BCUT2D eigenvalue weighted by atomic mass is 15.0. The summed E-state index contributed by atoms with van der Waals surface area (Å²) in [6.45, 7) is 4.67. The minimum Gasteiger partial charge on any atom is -0.338 e. The lowest BCUT2D eigenvalue weighted by atomic mass is 9.75. The van der Waals surface area contributed by atoms with Crippen molar-refractivity contribution in [3.05, 3.63) is 18.2 Å². The Balaban J connectivity index is 1.90. The highest BCUT2D eigenvalue weighted by Crippen LogP contribution is 2.31. The third-order valence-electron chi connectivity index (χ3n) is 3.55. The molecule has 0 unspecified atom stereocenters. The first-order valence-electron chi connectivity index (χ1n) is 5.43. The molecule has 3 heteroatoms. The maximum Gasteiger partial charge on any atom is 0.108 e. The second kappa shape index (κ2) is 3.73.